The zero-order valence-electron chi connectivity index (χ0n) is 16.4. The van der Waals surface area contributed by atoms with E-state index in [4.69, 9.17) is 0 Å². The van der Waals surface area contributed by atoms with Crippen LogP contribution in [0, 0.1) is 17.6 Å². The molecule has 4 rings (SSSR count). The molecule has 0 spiro atoms. The molecule has 0 radical (unpaired) electrons. The van der Waals surface area contributed by atoms with Gasteiger partial charge in [-0.1, -0.05) is 0 Å². The molecule has 2 aromatic rings. The van der Waals surface area contributed by atoms with Gasteiger partial charge >= 0.3 is 6.03 Å². The van der Waals surface area contributed by atoms with E-state index < -0.39 is 29.1 Å². The van der Waals surface area contributed by atoms with Gasteiger partial charge in [0.05, 0.1) is 6.54 Å². The van der Waals surface area contributed by atoms with Crippen molar-refractivity contribution in [2.45, 2.75) is 31.8 Å². The first kappa shape index (κ1) is 20.5. The quantitative estimate of drug-likeness (QED) is 0.752. The van der Waals surface area contributed by atoms with Crippen molar-refractivity contribution in [3.8, 4) is 0 Å². The Bertz CT molecular complexity index is 969. The highest BCUT2D eigenvalue weighted by atomic mass is 32.1. The lowest BCUT2D eigenvalue weighted by Gasteiger charge is -2.39. The third-order valence-corrected chi connectivity index (χ3v) is 6.66. The van der Waals surface area contributed by atoms with Crippen LogP contribution in [-0.4, -0.2) is 46.3 Å². The molecule has 2 aliphatic rings. The number of halogens is 2. The second kappa shape index (κ2) is 7.79. The Kier molecular flexibility index (Phi) is 5.31. The molecule has 0 unspecified atom stereocenters. The zero-order chi connectivity index (χ0) is 21.5. The van der Waals surface area contributed by atoms with Crippen molar-refractivity contribution in [3.63, 3.8) is 0 Å². The molecule has 2 aliphatic heterocycles. The largest absolute Gasteiger partial charge is 0.339 e. The van der Waals surface area contributed by atoms with E-state index in [1.165, 1.54) is 21.1 Å². The van der Waals surface area contributed by atoms with E-state index in [0.29, 0.717) is 25.9 Å². The first-order valence-corrected chi connectivity index (χ1v) is 10.6. The predicted molar refractivity (Wildman–Crippen MR) is 107 cm³/mol. The van der Waals surface area contributed by atoms with Gasteiger partial charge in [-0.2, -0.15) is 11.3 Å². The monoisotopic (exact) mass is 433 g/mol. The summed E-state index contributed by atoms with van der Waals surface area (Å²) >= 11 is 1.50. The third-order valence-electron chi connectivity index (χ3n) is 5.93. The van der Waals surface area contributed by atoms with E-state index in [1.807, 2.05) is 16.8 Å². The number of imide groups is 1. The van der Waals surface area contributed by atoms with Crippen LogP contribution >= 0.6 is 11.3 Å². The zero-order valence-corrected chi connectivity index (χ0v) is 17.2. The average Bonchev–Trinajstić information content (AvgIpc) is 3.30. The highest BCUT2D eigenvalue weighted by Gasteiger charge is 2.52. The van der Waals surface area contributed by atoms with Gasteiger partial charge in [-0.3, -0.25) is 14.5 Å². The minimum Gasteiger partial charge on any atom is -0.339 e. The van der Waals surface area contributed by atoms with E-state index in [2.05, 4.69) is 5.32 Å². The summed E-state index contributed by atoms with van der Waals surface area (Å²) in [5.74, 6) is -2.46. The number of likely N-dealkylation sites (tertiary alicyclic amines) is 1. The SMILES string of the molecule is C[C@]1(C2CCN(C(=O)c3cc(F)cc(F)c3)CC2)NC(=O)N(Cc2ccsc2)C1=O. The van der Waals surface area contributed by atoms with Crippen molar-refractivity contribution in [2.24, 2.45) is 5.92 Å². The molecule has 1 aromatic carbocycles. The Labute approximate surface area is 176 Å². The molecule has 1 aromatic heterocycles. The molecule has 3 heterocycles. The molecular weight excluding hydrogens is 412 g/mol. The van der Waals surface area contributed by atoms with Crippen LogP contribution in [0.2, 0.25) is 0 Å². The number of benzene rings is 1. The Balaban J connectivity index is 1.42. The summed E-state index contributed by atoms with van der Waals surface area (Å²) in [4.78, 5) is 40.9. The smallest absolute Gasteiger partial charge is 0.325 e. The molecule has 30 heavy (non-hydrogen) atoms. The van der Waals surface area contributed by atoms with Crippen LogP contribution in [0.25, 0.3) is 0 Å². The van der Waals surface area contributed by atoms with Crippen molar-refractivity contribution in [2.75, 3.05) is 13.1 Å². The lowest BCUT2D eigenvalue weighted by atomic mass is 9.78. The lowest BCUT2D eigenvalue weighted by Crippen LogP contribution is -2.54. The normalized spacial score (nSPS) is 22.5. The van der Waals surface area contributed by atoms with Gasteiger partial charge < -0.3 is 10.2 Å². The molecule has 1 atom stereocenters. The van der Waals surface area contributed by atoms with E-state index >= 15 is 0 Å². The Hall–Kier alpha value is -2.81. The van der Waals surface area contributed by atoms with Gasteiger partial charge in [0.1, 0.15) is 17.2 Å². The number of nitrogens with one attached hydrogen (secondary N) is 1. The summed E-state index contributed by atoms with van der Waals surface area (Å²) in [6.07, 6.45) is 0.997. The summed E-state index contributed by atoms with van der Waals surface area (Å²) in [5.41, 5.74) is -0.174. The first-order chi connectivity index (χ1) is 14.3. The highest BCUT2D eigenvalue weighted by molar-refractivity contribution is 7.07. The molecule has 9 heteroatoms. The van der Waals surface area contributed by atoms with Crippen molar-refractivity contribution < 1.29 is 23.2 Å². The van der Waals surface area contributed by atoms with Crippen molar-refractivity contribution >= 4 is 29.2 Å². The maximum absolute atomic E-state index is 13.4. The topological polar surface area (TPSA) is 69.7 Å². The number of amides is 4. The summed E-state index contributed by atoms with van der Waals surface area (Å²) in [5, 5.41) is 6.63. The van der Waals surface area contributed by atoms with Gasteiger partial charge in [0, 0.05) is 24.7 Å². The van der Waals surface area contributed by atoms with Gasteiger partial charge in [0.2, 0.25) is 0 Å². The van der Waals surface area contributed by atoms with Gasteiger partial charge in [-0.15, -0.1) is 0 Å². The molecular formula is C21H21F2N3O3S. The number of thiophene rings is 1. The Morgan fingerprint density at radius 2 is 1.87 bits per heavy atom. The second-order valence-electron chi connectivity index (χ2n) is 7.88. The number of carbonyl (C=O) groups excluding carboxylic acids is 3. The van der Waals surface area contributed by atoms with E-state index in [9.17, 15) is 23.2 Å². The van der Waals surface area contributed by atoms with Crippen LogP contribution in [-0.2, 0) is 11.3 Å². The van der Waals surface area contributed by atoms with E-state index in [1.54, 1.807) is 6.92 Å². The highest BCUT2D eigenvalue weighted by Crippen LogP contribution is 2.34. The maximum atomic E-state index is 13.4. The minimum atomic E-state index is -1.03. The predicted octanol–water partition coefficient (Wildman–Crippen LogP) is 3.39. The number of hydrogen-bond donors (Lipinski definition) is 1. The number of nitrogens with zero attached hydrogens (tertiary/aromatic N) is 2. The van der Waals surface area contributed by atoms with Gasteiger partial charge in [-0.25, -0.2) is 13.6 Å². The van der Waals surface area contributed by atoms with Crippen LogP contribution in [0.1, 0.15) is 35.7 Å². The van der Waals surface area contributed by atoms with Crippen LogP contribution in [0.5, 0.6) is 0 Å². The molecule has 6 nitrogen and oxygen atoms in total. The Morgan fingerprint density at radius 3 is 2.47 bits per heavy atom. The van der Waals surface area contributed by atoms with Crippen molar-refractivity contribution in [3.05, 3.63) is 57.8 Å². The molecule has 1 N–H and O–H groups in total. The van der Waals surface area contributed by atoms with Gasteiger partial charge in [0.15, 0.2) is 0 Å². The summed E-state index contributed by atoms with van der Waals surface area (Å²) in [6.45, 7) is 2.63. The average molecular weight is 433 g/mol. The number of hydrogen-bond acceptors (Lipinski definition) is 4. The Morgan fingerprint density at radius 1 is 1.20 bits per heavy atom. The fraction of sp³-hybridized carbons (Fsp3) is 0.381. The van der Waals surface area contributed by atoms with Crippen molar-refractivity contribution in [1.82, 2.24) is 15.1 Å². The molecule has 2 fully saturated rings. The first-order valence-electron chi connectivity index (χ1n) is 9.68. The minimum absolute atomic E-state index is 0.0376. The molecule has 0 bridgehead atoms. The third kappa shape index (κ3) is 3.69. The summed E-state index contributed by atoms with van der Waals surface area (Å²) in [6, 6.07) is 4.21. The number of urea groups is 1. The summed E-state index contributed by atoms with van der Waals surface area (Å²) in [7, 11) is 0. The van der Waals surface area contributed by atoms with Crippen LogP contribution in [0.4, 0.5) is 13.6 Å². The number of piperidine rings is 1. The van der Waals surface area contributed by atoms with Crippen LogP contribution in [0.3, 0.4) is 0 Å². The summed E-state index contributed by atoms with van der Waals surface area (Å²) < 4.78 is 26.9. The number of rotatable bonds is 4. The second-order valence-corrected chi connectivity index (χ2v) is 8.66. The lowest BCUT2D eigenvalue weighted by molar-refractivity contribution is -0.133. The van der Waals surface area contributed by atoms with E-state index in [0.717, 1.165) is 23.8 Å². The molecule has 2 saturated heterocycles. The maximum Gasteiger partial charge on any atom is 0.325 e. The van der Waals surface area contributed by atoms with Crippen molar-refractivity contribution in [1.29, 1.82) is 0 Å². The number of carbonyl (C=O) groups is 3. The van der Waals surface area contributed by atoms with E-state index in [-0.39, 0.29) is 23.9 Å². The van der Waals surface area contributed by atoms with Gasteiger partial charge in [0.25, 0.3) is 11.8 Å². The van der Waals surface area contributed by atoms with Crippen LogP contribution in [0.15, 0.2) is 35.0 Å². The molecule has 4 amide bonds. The standard InChI is InChI=1S/C21H21F2N3O3S/c1-21(19(28)26(20(29)24-21)11-13-4-7-30-12-13)15-2-5-25(6-3-15)18(27)14-8-16(22)10-17(23)9-14/h4,7-10,12,15H,2-3,5-6,11H2,1H3,(H,24,29)/t21-/m1/s1. The molecule has 0 saturated carbocycles. The van der Waals surface area contributed by atoms with Gasteiger partial charge in [-0.05, 0) is 60.2 Å². The fourth-order valence-corrected chi connectivity index (χ4v) is 4.88. The molecule has 0 aliphatic carbocycles. The molecule has 158 valence electrons. The fourth-order valence-electron chi connectivity index (χ4n) is 4.22. The van der Waals surface area contributed by atoms with Crippen LogP contribution < -0.4 is 5.32 Å².